The molecule has 0 spiro atoms. The number of benzene rings is 1. The Morgan fingerprint density at radius 1 is 1.11 bits per heavy atom. The van der Waals surface area contributed by atoms with E-state index in [-0.39, 0.29) is 24.1 Å². The van der Waals surface area contributed by atoms with Crippen LogP contribution in [-0.2, 0) is 11.3 Å². The van der Waals surface area contributed by atoms with Crippen molar-refractivity contribution in [3.8, 4) is 11.3 Å². The largest absolute Gasteiger partial charge is 0.478 e. The summed E-state index contributed by atoms with van der Waals surface area (Å²) in [4.78, 5) is 25.4. The number of carboxylic acids is 1. The molecule has 0 saturated carbocycles. The average Bonchev–Trinajstić information content (AvgIpc) is 3.39. The van der Waals surface area contributed by atoms with E-state index in [0.29, 0.717) is 13.1 Å². The van der Waals surface area contributed by atoms with Gasteiger partial charge in [-0.05, 0) is 12.8 Å². The Labute approximate surface area is 161 Å². The van der Waals surface area contributed by atoms with Gasteiger partial charge < -0.3 is 10.0 Å². The van der Waals surface area contributed by atoms with Crippen molar-refractivity contribution in [3.05, 3.63) is 54.5 Å². The molecule has 0 radical (unpaired) electrons. The zero-order valence-corrected chi connectivity index (χ0v) is 15.2. The van der Waals surface area contributed by atoms with Crippen molar-refractivity contribution in [2.75, 3.05) is 13.1 Å². The van der Waals surface area contributed by atoms with Crippen molar-refractivity contribution < 1.29 is 14.7 Å². The highest BCUT2D eigenvalue weighted by molar-refractivity contribution is 5.86. The van der Waals surface area contributed by atoms with Crippen molar-refractivity contribution >= 4 is 11.9 Å². The fourth-order valence-corrected chi connectivity index (χ4v) is 3.38. The maximum Gasteiger partial charge on any atom is 0.338 e. The van der Waals surface area contributed by atoms with Gasteiger partial charge in [0.05, 0.1) is 24.0 Å². The molecule has 1 fully saturated rings. The van der Waals surface area contributed by atoms with E-state index in [4.69, 9.17) is 5.11 Å². The fraction of sp³-hybridized carbons (Fsp3) is 0.316. The molecule has 2 aromatic heterocycles. The molecule has 3 heterocycles. The fourth-order valence-electron chi connectivity index (χ4n) is 3.38. The SMILES string of the molecule is O=C(O)c1cnn(C2CCN(C(=O)Cn3cc(-c4ccccc4)nn3)CC2)c1. The monoisotopic (exact) mass is 380 g/mol. The lowest BCUT2D eigenvalue weighted by Gasteiger charge is -2.32. The van der Waals surface area contributed by atoms with Gasteiger partial charge in [0.25, 0.3) is 0 Å². The number of hydrogen-bond donors (Lipinski definition) is 1. The highest BCUT2D eigenvalue weighted by atomic mass is 16.4. The summed E-state index contributed by atoms with van der Waals surface area (Å²) in [5.74, 6) is -0.990. The van der Waals surface area contributed by atoms with Crippen LogP contribution in [0.5, 0.6) is 0 Å². The number of hydrogen-bond acceptors (Lipinski definition) is 5. The van der Waals surface area contributed by atoms with E-state index in [1.807, 2.05) is 35.2 Å². The Morgan fingerprint density at radius 3 is 2.54 bits per heavy atom. The molecule has 0 atom stereocenters. The van der Waals surface area contributed by atoms with Gasteiger partial charge in [0.15, 0.2) is 0 Å². The van der Waals surface area contributed by atoms with Crippen LogP contribution in [0.15, 0.2) is 48.9 Å². The highest BCUT2D eigenvalue weighted by Crippen LogP contribution is 2.22. The number of aromatic nitrogens is 5. The van der Waals surface area contributed by atoms with Crippen molar-refractivity contribution in [2.24, 2.45) is 0 Å². The molecule has 28 heavy (non-hydrogen) atoms. The molecule has 1 aliphatic heterocycles. The molecule has 4 rings (SSSR count). The number of rotatable bonds is 5. The molecule has 1 aliphatic rings. The molecule has 1 N–H and O–H groups in total. The van der Waals surface area contributed by atoms with Gasteiger partial charge in [0.2, 0.25) is 5.91 Å². The summed E-state index contributed by atoms with van der Waals surface area (Å²) in [5.41, 5.74) is 1.88. The molecule has 1 aromatic carbocycles. The second-order valence-electron chi connectivity index (χ2n) is 6.79. The van der Waals surface area contributed by atoms with Gasteiger partial charge in [-0.25, -0.2) is 9.48 Å². The third kappa shape index (κ3) is 3.78. The number of amides is 1. The van der Waals surface area contributed by atoms with E-state index in [1.165, 1.54) is 6.20 Å². The lowest BCUT2D eigenvalue weighted by molar-refractivity contribution is -0.133. The Bertz CT molecular complexity index is 972. The standard InChI is InChI=1S/C19H20N6O3/c26-18(13-24-12-17(21-22-24)14-4-2-1-3-5-14)23-8-6-16(7-9-23)25-11-15(10-20-25)19(27)28/h1-5,10-12,16H,6-9,13H2,(H,27,28). The zero-order chi connectivity index (χ0) is 19.5. The van der Waals surface area contributed by atoms with E-state index in [0.717, 1.165) is 24.1 Å². The van der Waals surface area contributed by atoms with Crippen LogP contribution in [0.3, 0.4) is 0 Å². The van der Waals surface area contributed by atoms with Crippen LogP contribution >= 0.6 is 0 Å². The van der Waals surface area contributed by atoms with Crippen LogP contribution < -0.4 is 0 Å². The first kappa shape index (κ1) is 17.9. The molecule has 3 aromatic rings. The minimum Gasteiger partial charge on any atom is -0.478 e. The lowest BCUT2D eigenvalue weighted by Crippen LogP contribution is -2.40. The lowest BCUT2D eigenvalue weighted by atomic mass is 10.1. The van der Waals surface area contributed by atoms with Crippen LogP contribution in [0.1, 0.15) is 29.2 Å². The van der Waals surface area contributed by atoms with Gasteiger partial charge in [0.1, 0.15) is 12.2 Å². The number of carbonyl (C=O) groups excluding carboxylic acids is 1. The minimum absolute atomic E-state index is 0.00495. The van der Waals surface area contributed by atoms with E-state index in [9.17, 15) is 9.59 Å². The summed E-state index contributed by atoms with van der Waals surface area (Å²) in [6.45, 7) is 1.35. The first-order valence-corrected chi connectivity index (χ1v) is 9.11. The van der Waals surface area contributed by atoms with Gasteiger partial charge in [-0.3, -0.25) is 9.48 Å². The average molecular weight is 380 g/mol. The summed E-state index contributed by atoms with van der Waals surface area (Å²) in [7, 11) is 0. The number of carboxylic acid groups (broad SMARTS) is 1. The van der Waals surface area contributed by atoms with E-state index in [2.05, 4.69) is 15.4 Å². The molecule has 0 bridgehead atoms. The molecule has 9 nitrogen and oxygen atoms in total. The molecule has 0 unspecified atom stereocenters. The van der Waals surface area contributed by atoms with Crippen LogP contribution in [0, 0.1) is 0 Å². The number of likely N-dealkylation sites (tertiary alicyclic amines) is 1. The zero-order valence-electron chi connectivity index (χ0n) is 15.2. The van der Waals surface area contributed by atoms with Crippen LogP contribution in [0.25, 0.3) is 11.3 Å². The van der Waals surface area contributed by atoms with Crippen LogP contribution in [0.4, 0.5) is 0 Å². The summed E-state index contributed by atoms with van der Waals surface area (Å²) in [6.07, 6.45) is 6.15. The molecule has 0 aliphatic carbocycles. The predicted octanol–water partition coefficient (Wildman–Crippen LogP) is 1.70. The van der Waals surface area contributed by atoms with Gasteiger partial charge in [-0.1, -0.05) is 35.5 Å². The highest BCUT2D eigenvalue weighted by Gasteiger charge is 2.25. The molecular formula is C19H20N6O3. The summed E-state index contributed by atoms with van der Waals surface area (Å²) in [5, 5.41) is 21.3. The van der Waals surface area contributed by atoms with Crippen LogP contribution in [-0.4, -0.2) is 59.7 Å². The van der Waals surface area contributed by atoms with Gasteiger partial charge in [0, 0.05) is 24.8 Å². The van der Waals surface area contributed by atoms with Crippen LogP contribution in [0.2, 0.25) is 0 Å². The maximum atomic E-state index is 12.6. The molecule has 144 valence electrons. The van der Waals surface area contributed by atoms with E-state index in [1.54, 1.807) is 21.8 Å². The second kappa shape index (κ2) is 7.63. The maximum absolute atomic E-state index is 12.6. The van der Waals surface area contributed by atoms with Crippen molar-refractivity contribution in [3.63, 3.8) is 0 Å². The Hall–Kier alpha value is -3.49. The predicted molar refractivity (Wildman–Crippen MR) is 99.5 cm³/mol. The number of nitrogens with zero attached hydrogens (tertiary/aromatic N) is 6. The smallest absolute Gasteiger partial charge is 0.338 e. The third-order valence-electron chi connectivity index (χ3n) is 4.95. The first-order chi connectivity index (χ1) is 13.6. The number of piperidine rings is 1. The second-order valence-corrected chi connectivity index (χ2v) is 6.79. The van der Waals surface area contributed by atoms with E-state index < -0.39 is 5.97 Å². The normalized spacial score (nSPS) is 14.9. The molecule has 9 heteroatoms. The van der Waals surface area contributed by atoms with Gasteiger partial charge >= 0.3 is 5.97 Å². The van der Waals surface area contributed by atoms with Gasteiger partial charge in [-0.2, -0.15) is 5.10 Å². The summed E-state index contributed by atoms with van der Waals surface area (Å²) < 4.78 is 3.25. The summed E-state index contributed by atoms with van der Waals surface area (Å²) in [6, 6.07) is 9.81. The molecule has 1 amide bonds. The van der Waals surface area contributed by atoms with Crippen molar-refractivity contribution in [1.82, 2.24) is 29.7 Å². The van der Waals surface area contributed by atoms with Gasteiger partial charge in [-0.15, -0.1) is 5.10 Å². The molecule has 1 saturated heterocycles. The number of aromatic carboxylic acids is 1. The minimum atomic E-state index is -0.985. The first-order valence-electron chi connectivity index (χ1n) is 9.11. The third-order valence-corrected chi connectivity index (χ3v) is 4.95. The Kier molecular flexibility index (Phi) is 4.88. The number of carbonyl (C=O) groups is 2. The Balaban J connectivity index is 1.33. The van der Waals surface area contributed by atoms with Crippen molar-refractivity contribution in [2.45, 2.75) is 25.4 Å². The van der Waals surface area contributed by atoms with Crippen molar-refractivity contribution in [1.29, 1.82) is 0 Å². The molecular weight excluding hydrogens is 360 g/mol. The summed E-state index contributed by atoms with van der Waals surface area (Å²) >= 11 is 0. The quantitative estimate of drug-likeness (QED) is 0.722. The van der Waals surface area contributed by atoms with E-state index >= 15 is 0 Å². The topological polar surface area (TPSA) is 106 Å². The Morgan fingerprint density at radius 2 is 1.86 bits per heavy atom.